The van der Waals surface area contributed by atoms with Crippen LogP contribution in [0.25, 0.3) is 0 Å². The molecule has 0 radical (unpaired) electrons. The maximum Gasteiger partial charge on any atom is 0.170 e. The van der Waals surface area contributed by atoms with Gasteiger partial charge in [0.1, 0.15) is 0 Å². The number of anilines is 1. The first-order valence-electron chi connectivity index (χ1n) is 3.92. The number of benzene rings is 1. The van der Waals surface area contributed by atoms with Crippen molar-refractivity contribution in [3.8, 4) is 0 Å². The maximum atomic E-state index is 11.3. The van der Waals surface area contributed by atoms with Crippen LogP contribution in [0.1, 0.15) is 16.8 Å². The number of hydrogen-bond donors (Lipinski definition) is 2. The summed E-state index contributed by atoms with van der Waals surface area (Å²) in [5.74, 6) is 0.0723. The lowest BCUT2D eigenvalue weighted by atomic mass is 10.1. The van der Waals surface area contributed by atoms with E-state index in [4.69, 9.17) is 5.73 Å². The lowest BCUT2D eigenvalue weighted by molar-refractivity contribution is -0.365. The molecule has 0 aliphatic carbocycles. The van der Waals surface area contributed by atoms with Crippen molar-refractivity contribution in [1.29, 1.82) is 0 Å². The van der Waals surface area contributed by atoms with Crippen molar-refractivity contribution < 1.29 is 10.5 Å². The first kappa shape index (κ1) is 8.74. The number of carbonyl (C=O) groups excluding carboxylic acids is 1. The van der Waals surface area contributed by atoms with Crippen LogP contribution in [0.5, 0.6) is 0 Å². The summed E-state index contributed by atoms with van der Waals surface area (Å²) >= 11 is 0. The van der Waals surface area contributed by atoms with E-state index in [9.17, 15) is 4.79 Å². The molecular formula is C9H13N2O+. The summed E-state index contributed by atoms with van der Waals surface area (Å²) in [4.78, 5) is 11.3. The second-order valence-electron chi connectivity index (χ2n) is 2.61. The summed E-state index contributed by atoms with van der Waals surface area (Å²) in [6.07, 6.45) is 0.466. The molecule has 0 aromatic heterocycles. The molecule has 0 saturated heterocycles. The number of para-hydroxylation sites is 1. The van der Waals surface area contributed by atoms with Gasteiger partial charge >= 0.3 is 0 Å². The van der Waals surface area contributed by atoms with Crippen LogP contribution < -0.4 is 11.5 Å². The molecule has 3 nitrogen and oxygen atoms in total. The van der Waals surface area contributed by atoms with E-state index in [0.29, 0.717) is 24.2 Å². The highest BCUT2D eigenvalue weighted by Gasteiger charge is 2.07. The number of ketones is 1. The normalized spacial score (nSPS) is 9.75. The molecule has 1 aromatic carbocycles. The van der Waals surface area contributed by atoms with Gasteiger partial charge in [-0.25, -0.2) is 0 Å². The molecule has 0 atom stereocenters. The van der Waals surface area contributed by atoms with Crippen molar-refractivity contribution in [2.24, 2.45) is 0 Å². The quantitative estimate of drug-likeness (QED) is 0.492. The molecular weight excluding hydrogens is 152 g/mol. The average Bonchev–Trinajstić information content (AvgIpc) is 2.05. The highest BCUT2D eigenvalue weighted by atomic mass is 16.1. The average molecular weight is 165 g/mol. The summed E-state index contributed by atoms with van der Waals surface area (Å²) in [5, 5.41) is 0. The van der Waals surface area contributed by atoms with Gasteiger partial charge in [-0.15, -0.1) is 0 Å². The van der Waals surface area contributed by atoms with Gasteiger partial charge < -0.3 is 11.5 Å². The molecule has 1 rings (SSSR count). The fourth-order valence-electron chi connectivity index (χ4n) is 1.05. The predicted octanol–water partition coefficient (Wildman–Crippen LogP) is 0.0835. The van der Waals surface area contributed by atoms with Gasteiger partial charge in [-0.05, 0) is 12.1 Å². The first-order chi connectivity index (χ1) is 5.75. The second kappa shape index (κ2) is 3.88. The van der Waals surface area contributed by atoms with Crippen LogP contribution in [-0.2, 0) is 0 Å². The van der Waals surface area contributed by atoms with E-state index in [-0.39, 0.29) is 5.78 Å². The lowest BCUT2D eigenvalue weighted by Crippen LogP contribution is -2.50. The molecule has 0 unspecified atom stereocenters. The van der Waals surface area contributed by atoms with Crippen LogP contribution in [0.3, 0.4) is 0 Å². The first-order valence-corrected chi connectivity index (χ1v) is 3.92. The van der Waals surface area contributed by atoms with Gasteiger partial charge in [-0.3, -0.25) is 4.79 Å². The molecule has 0 fully saturated rings. The summed E-state index contributed by atoms with van der Waals surface area (Å²) < 4.78 is 0. The van der Waals surface area contributed by atoms with E-state index >= 15 is 0 Å². The fourth-order valence-corrected chi connectivity index (χ4v) is 1.05. The van der Waals surface area contributed by atoms with Gasteiger partial charge in [0.05, 0.1) is 13.0 Å². The van der Waals surface area contributed by atoms with Crippen LogP contribution in [0.2, 0.25) is 0 Å². The number of rotatable bonds is 3. The molecule has 5 N–H and O–H groups in total. The molecule has 0 heterocycles. The molecule has 0 spiro atoms. The SMILES string of the molecule is Nc1ccccc1C(=O)CC[NH3+]. The zero-order chi connectivity index (χ0) is 8.97. The van der Waals surface area contributed by atoms with Crippen molar-refractivity contribution in [1.82, 2.24) is 0 Å². The Kier molecular flexibility index (Phi) is 2.82. The third-order valence-corrected chi connectivity index (χ3v) is 1.67. The van der Waals surface area contributed by atoms with Gasteiger partial charge in [-0.2, -0.15) is 0 Å². The van der Waals surface area contributed by atoms with Crippen LogP contribution in [-0.4, -0.2) is 12.3 Å². The highest BCUT2D eigenvalue weighted by Crippen LogP contribution is 2.11. The molecule has 0 aliphatic rings. The second-order valence-corrected chi connectivity index (χ2v) is 2.61. The lowest BCUT2D eigenvalue weighted by Gasteiger charge is -2.01. The molecule has 0 aliphatic heterocycles. The van der Waals surface area contributed by atoms with Crippen LogP contribution in [0.4, 0.5) is 5.69 Å². The van der Waals surface area contributed by atoms with E-state index in [1.807, 2.05) is 12.1 Å². The number of hydrogen-bond acceptors (Lipinski definition) is 2. The monoisotopic (exact) mass is 165 g/mol. The van der Waals surface area contributed by atoms with Crippen molar-refractivity contribution in [3.63, 3.8) is 0 Å². The number of quaternary nitrogens is 1. The van der Waals surface area contributed by atoms with Gasteiger partial charge in [0.2, 0.25) is 0 Å². The van der Waals surface area contributed by atoms with E-state index in [2.05, 4.69) is 5.73 Å². The molecule has 64 valence electrons. The third-order valence-electron chi connectivity index (χ3n) is 1.67. The van der Waals surface area contributed by atoms with E-state index in [0.717, 1.165) is 0 Å². The van der Waals surface area contributed by atoms with Crippen molar-refractivity contribution >= 4 is 11.5 Å². The largest absolute Gasteiger partial charge is 0.398 e. The molecule has 12 heavy (non-hydrogen) atoms. The van der Waals surface area contributed by atoms with Gasteiger partial charge in [0.25, 0.3) is 0 Å². The summed E-state index contributed by atoms with van der Waals surface area (Å²) in [6, 6.07) is 7.10. The number of Topliss-reactive ketones (excluding diaryl/α,β-unsaturated/α-hetero) is 1. The minimum Gasteiger partial charge on any atom is -0.398 e. The van der Waals surface area contributed by atoms with Crippen molar-refractivity contribution in [3.05, 3.63) is 29.8 Å². The van der Waals surface area contributed by atoms with Crippen LogP contribution in [0, 0.1) is 0 Å². The Morgan fingerprint density at radius 3 is 2.67 bits per heavy atom. The smallest absolute Gasteiger partial charge is 0.170 e. The predicted molar refractivity (Wildman–Crippen MR) is 47.6 cm³/mol. The number of nitrogen functional groups attached to an aromatic ring is 1. The zero-order valence-electron chi connectivity index (χ0n) is 6.92. The summed E-state index contributed by atoms with van der Waals surface area (Å²) in [6.45, 7) is 0.618. The standard InChI is InChI=1S/C9H12N2O/c10-6-5-9(12)7-3-1-2-4-8(7)11/h1-4H,5-6,10-11H2/p+1. The zero-order valence-corrected chi connectivity index (χ0v) is 6.92. The van der Waals surface area contributed by atoms with Crippen LogP contribution in [0.15, 0.2) is 24.3 Å². The third kappa shape index (κ3) is 1.83. The van der Waals surface area contributed by atoms with Crippen molar-refractivity contribution in [2.75, 3.05) is 12.3 Å². The molecule has 1 aromatic rings. The fraction of sp³-hybridized carbons (Fsp3) is 0.222. The van der Waals surface area contributed by atoms with E-state index < -0.39 is 0 Å². The van der Waals surface area contributed by atoms with Gasteiger partial charge in [0, 0.05) is 11.3 Å². The Balaban J connectivity index is 2.87. The topological polar surface area (TPSA) is 70.7 Å². The molecule has 0 amide bonds. The van der Waals surface area contributed by atoms with E-state index in [1.165, 1.54) is 0 Å². The number of carbonyl (C=O) groups is 1. The Morgan fingerprint density at radius 2 is 2.08 bits per heavy atom. The minimum absolute atomic E-state index is 0.0723. The minimum atomic E-state index is 0.0723. The Hall–Kier alpha value is -1.35. The number of nitrogens with two attached hydrogens (primary N) is 1. The molecule has 0 saturated carbocycles. The van der Waals surface area contributed by atoms with Crippen LogP contribution >= 0.6 is 0 Å². The van der Waals surface area contributed by atoms with Crippen molar-refractivity contribution in [2.45, 2.75) is 6.42 Å². The molecule has 0 bridgehead atoms. The summed E-state index contributed by atoms with van der Waals surface area (Å²) in [7, 11) is 0. The maximum absolute atomic E-state index is 11.3. The Labute approximate surface area is 71.4 Å². The van der Waals surface area contributed by atoms with Gasteiger partial charge in [0.15, 0.2) is 5.78 Å². The summed E-state index contributed by atoms with van der Waals surface area (Å²) in [5.41, 5.74) is 10.4. The highest BCUT2D eigenvalue weighted by molar-refractivity contribution is 6.00. The Morgan fingerprint density at radius 1 is 1.42 bits per heavy atom. The van der Waals surface area contributed by atoms with Gasteiger partial charge in [-0.1, -0.05) is 12.1 Å². The Bertz CT molecular complexity index is 284. The van der Waals surface area contributed by atoms with E-state index in [1.54, 1.807) is 12.1 Å². The molecule has 3 heteroatoms.